The van der Waals surface area contributed by atoms with Gasteiger partial charge in [0.15, 0.2) is 0 Å². The van der Waals surface area contributed by atoms with Crippen LogP contribution in [0.15, 0.2) is 24.3 Å². The van der Waals surface area contributed by atoms with Crippen molar-refractivity contribution in [3.8, 4) is 0 Å². The van der Waals surface area contributed by atoms with E-state index in [-0.39, 0.29) is 17.3 Å². The summed E-state index contributed by atoms with van der Waals surface area (Å²) in [5.41, 5.74) is 2.63. The van der Waals surface area contributed by atoms with Gasteiger partial charge in [0, 0.05) is 34.9 Å². The molecular formula is C14H20N2O2S. The molecule has 0 radical (unpaired) electrons. The number of carbonyl (C=O) groups excluding carboxylic acids is 1. The minimum Gasteiger partial charge on any atom is -0.337 e. The molecule has 1 aliphatic rings. The van der Waals surface area contributed by atoms with Crippen LogP contribution in [0, 0.1) is 0 Å². The molecule has 2 N–H and O–H groups in total. The Bertz CT molecular complexity index is 465. The van der Waals surface area contributed by atoms with Crippen molar-refractivity contribution in [1.82, 2.24) is 10.6 Å². The van der Waals surface area contributed by atoms with E-state index < -0.39 is 10.8 Å². The number of amides is 2. The minimum absolute atomic E-state index is 0.0217. The quantitative estimate of drug-likeness (QED) is 0.871. The Kier molecular flexibility index (Phi) is 4.58. The number of urea groups is 1. The molecule has 19 heavy (non-hydrogen) atoms. The molecule has 0 fully saturated rings. The van der Waals surface area contributed by atoms with E-state index in [0.29, 0.717) is 6.54 Å². The molecule has 0 unspecified atom stereocenters. The summed E-state index contributed by atoms with van der Waals surface area (Å²) in [4.78, 5) is 11.8. The van der Waals surface area contributed by atoms with Gasteiger partial charge in [-0.3, -0.25) is 4.21 Å². The predicted molar refractivity (Wildman–Crippen MR) is 77.7 cm³/mol. The Labute approximate surface area is 116 Å². The predicted octanol–water partition coefficient (Wildman–Crippen LogP) is 1.22. The number of benzene rings is 1. The largest absolute Gasteiger partial charge is 0.337 e. The van der Waals surface area contributed by atoms with Crippen LogP contribution in [-0.2, 0) is 23.6 Å². The van der Waals surface area contributed by atoms with Gasteiger partial charge in [0.05, 0.1) is 0 Å². The molecule has 0 saturated heterocycles. The Morgan fingerprint density at radius 3 is 2.47 bits per heavy atom. The second-order valence-corrected chi connectivity index (χ2v) is 6.84. The normalized spacial score (nSPS) is 17.6. The molecule has 5 heteroatoms. The van der Waals surface area contributed by atoms with Crippen LogP contribution in [0.2, 0.25) is 0 Å². The van der Waals surface area contributed by atoms with Crippen molar-refractivity contribution >= 4 is 16.8 Å². The van der Waals surface area contributed by atoms with Gasteiger partial charge in [0.25, 0.3) is 0 Å². The van der Waals surface area contributed by atoms with Crippen LogP contribution in [0.3, 0.4) is 0 Å². The summed E-state index contributed by atoms with van der Waals surface area (Å²) in [7, 11) is -0.906. The van der Waals surface area contributed by atoms with Gasteiger partial charge in [-0.2, -0.15) is 0 Å². The molecule has 104 valence electrons. The lowest BCUT2D eigenvalue weighted by atomic mass is 10.1. The molecule has 2 atom stereocenters. The Morgan fingerprint density at radius 2 is 1.95 bits per heavy atom. The van der Waals surface area contributed by atoms with Crippen LogP contribution >= 0.6 is 0 Å². The monoisotopic (exact) mass is 280 g/mol. The zero-order valence-corrected chi connectivity index (χ0v) is 12.1. The molecule has 0 bridgehead atoms. The minimum atomic E-state index is -0.906. The summed E-state index contributed by atoms with van der Waals surface area (Å²) in [6.07, 6.45) is 3.43. The highest BCUT2D eigenvalue weighted by molar-refractivity contribution is 7.84. The molecule has 2 rings (SSSR count). The zero-order chi connectivity index (χ0) is 13.8. The van der Waals surface area contributed by atoms with Gasteiger partial charge in [-0.15, -0.1) is 0 Å². The molecule has 0 saturated carbocycles. The fourth-order valence-electron chi connectivity index (χ4n) is 2.25. The first-order valence-corrected chi connectivity index (χ1v) is 8.11. The van der Waals surface area contributed by atoms with Gasteiger partial charge in [-0.1, -0.05) is 24.3 Å². The Morgan fingerprint density at radius 1 is 1.37 bits per heavy atom. The van der Waals surface area contributed by atoms with Gasteiger partial charge in [0.2, 0.25) is 0 Å². The second kappa shape index (κ2) is 6.19. The van der Waals surface area contributed by atoms with E-state index in [0.717, 1.165) is 12.8 Å². The summed E-state index contributed by atoms with van der Waals surface area (Å²) < 4.78 is 11.2. The molecule has 0 spiro atoms. The van der Waals surface area contributed by atoms with Crippen molar-refractivity contribution < 1.29 is 9.00 Å². The van der Waals surface area contributed by atoms with Crippen LogP contribution in [0.5, 0.6) is 0 Å². The smallest absolute Gasteiger partial charge is 0.315 e. The standard InChI is InChI=1S/C14H20N2O2S/c1-10(19(2)18)9-15-14(17)16-13-7-11-5-3-4-6-12(11)8-13/h3-6,10,13H,7-9H2,1-2H3,(H2,15,16,17)/t10-,19+/m0/s1. The average Bonchev–Trinajstić information content (AvgIpc) is 2.77. The highest BCUT2D eigenvalue weighted by Crippen LogP contribution is 2.21. The molecule has 4 nitrogen and oxygen atoms in total. The van der Waals surface area contributed by atoms with Crippen molar-refractivity contribution in [2.45, 2.75) is 31.1 Å². The summed E-state index contributed by atoms with van der Waals surface area (Å²) >= 11 is 0. The van der Waals surface area contributed by atoms with E-state index >= 15 is 0 Å². The zero-order valence-electron chi connectivity index (χ0n) is 11.3. The molecule has 0 heterocycles. The second-order valence-electron chi connectivity index (χ2n) is 5.04. The number of fused-ring (bicyclic) bond motifs is 1. The number of rotatable bonds is 4. The van der Waals surface area contributed by atoms with Crippen molar-refractivity contribution in [2.75, 3.05) is 12.8 Å². The van der Waals surface area contributed by atoms with Crippen molar-refractivity contribution in [2.24, 2.45) is 0 Å². The van der Waals surface area contributed by atoms with E-state index in [1.54, 1.807) is 6.26 Å². The third kappa shape index (κ3) is 3.80. The van der Waals surface area contributed by atoms with Gasteiger partial charge >= 0.3 is 6.03 Å². The molecule has 1 aromatic carbocycles. The first-order chi connectivity index (χ1) is 9.06. The molecule has 0 aliphatic heterocycles. The lowest BCUT2D eigenvalue weighted by Gasteiger charge is -2.14. The fraction of sp³-hybridized carbons (Fsp3) is 0.500. The first kappa shape index (κ1) is 14.1. The lowest BCUT2D eigenvalue weighted by molar-refractivity contribution is 0.237. The topological polar surface area (TPSA) is 58.2 Å². The molecule has 2 amide bonds. The maximum Gasteiger partial charge on any atom is 0.315 e. The van der Waals surface area contributed by atoms with Crippen LogP contribution in [0.1, 0.15) is 18.1 Å². The average molecular weight is 280 g/mol. The van der Waals surface area contributed by atoms with Crippen LogP contribution < -0.4 is 10.6 Å². The van der Waals surface area contributed by atoms with Crippen LogP contribution in [-0.4, -0.2) is 34.3 Å². The fourth-order valence-corrected chi connectivity index (χ4v) is 2.57. The third-order valence-electron chi connectivity index (χ3n) is 3.50. The van der Waals surface area contributed by atoms with Crippen molar-refractivity contribution in [3.63, 3.8) is 0 Å². The molecule has 1 aromatic rings. The van der Waals surface area contributed by atoms with Gasteiger partial charge in [-0.05, 0) is 30.9 Å². The maximum absolute atomic E-state index is 11.8. The Hall–Kier alpha value is -1.36. The molecule has 0 aromatic heterocycles. The van der Waals surface area contributed by atoms with Gasteiger partial charge in [-0.25, -0.2) is 4.79 Å². The van der Waals surface area contributed by atoms with Gasteiger partial charge in [0.1, 0.15) is 0 Å². The highest BCUT2D eigenvalue weighted by atomic mass is 32.2. The summed E-state index contributed by atoms with van der Waals surface area (Å²) in [5, 5.41) is 5.72. The Balaban J connectivity index is 1.78. The lowest BCUT2D eigenvalue weighted by Crippen LogP contribution is -2.45. The molecular weight excluding hydrogens is 260 g/mol. The summed E-state index contributed by atoms with van der Waals surface area (Å²) in [5.74, 6) is 0. The number of hydrogen-bond acceptors (Lipinski definition) is 2. The van der Waals surface area contributed by atoms with E-state index in [9.17, 15) is 9.00 Å². The summed E-state index contributed by atoms with van der Waals surface area (Å²) in [6, 6.07) is 8.27. The van der Waals surface area contributed by atoms with E-state index in [4.69, 9.17) is 0 Å². The SMILES string of the molecule is C[C@@H](CNC(=O)NC1Cc2ccccc2C1)[S@@](C)=O. The highest BCUT2D eigenvalue weighted by Gasteiger charge is 2.22. The van der Waals surface area contributed by atoms with Crippen molar-refractivity contribution in [3.05, 3.63) is 35.4 Å². The maximum atomic E-state index is 11.8. The van der Waals surface area contributed by atoms with E-state index in [2.05, 4.69) is 22.8 Å². The van der Waals surface area contributed by atoms with Crippen LogP contribution in [0.25, 0.3) is 0 Å². The molecule has 1 aliphatic carbocycles. The number of carbonyl (C=O) groups is 1. The summed E-state index contributed by atoms with van der Waals surface area (Å²) in [6.45, 7) is 2.30. The third-order valence-corrected chi connectivity index (χ3v) is 4.80. The van der Waals surface area contributed by atoms with Gasteiger partial charge < -0.3 is 10.6 Å². The van der Waals surface area contributed by atoms with E-state index in [1.165, 1.54) is 11.1 Å². The number of hydrogen-bond donors (Lipinski definition) is 2. The van der Waals surface area contributed by atoms with E-state index in [1.807, 2.05) is 19.1 Å². The first-order valence-electron chi connectivity index (χ1n) is 6.49. The van der Waals surface area contributed by atoms with Crippen LogP contribution in [0.4, 0.5) is 4.79 Å². The van der Waals surface area contributed by atoms with Crippen molar-refractivity contribution in [1.29, 1.82) is 0 Å². The number of nitrogens with one attached hydrogen (secondary N) is 2.